The van der Waals surface area contributed by atoms with E-state index in [0.717, 1.165) is 5.75 Å². The van der Waals surface area contributed by atoms with Crippen LogP contribution in [0.2, 0.25) is 0 Å². The molecule has 0 fully saturated rings. The number of rotatable bonds is 3. The van der Waals surface area contributed by atoms with Crippen molar-refractivity contribution in [3.8, 4) is 5.75 Å². The molecule has 0 saturated heterocycles. The monoisotopic (exact) mass is 198 g/mol. The molecule has 0 radical (unpaired) electrons. The van der Waals surface area contributed by atoms with E-state index in [4.69, 9.17) is 16.3 Å². The van der Waals surface area contributed by atoms with E-state index in [1.54, 1.807) is 7.11 Å². The Hall–Kier alpha value is -0.690. The summed E-state index contributed by atoms with van der Waals surface area (Å²) in [5.41, 5.74) is 2.44. The molecule has 1 nitrogen and oxygen atoms in total. The average Bonchev–Trinajstić information content (AvgIpc) is 2.16. The minimum atomic E-state index is 0.344. The summed E-state index contributed by atoms with van der Waals surface area (Å²) in [6.45, 7) is 4.17. The van der Waals surface area contributed by atoms with Crippen molar-refractivity contribution in [3.05, 3.63) is 29.3 Å². The van der Waals surface area contributed by atoms with Crippen LogP contribution in [0.25, 0.3) is 0 Å². The summed E-state index contributed by atoms with van der Waals surface area (Å²) in [6.07, 6.45) is 0. The summed E-state index contributed by atoms with van der Waals surface area (Å²) < 4.78 is 5.26. The number of benzene rings is 1. The van der Waals surface area contributed by atoms with Crippen LogP contribution in [0.4, 0.5) is 0 Å². The second-order valence-electron chi connectivity index (χ2n) is 3.30. The molecule has 1 rings (SSSR count). The Bertz CT molecular complexity index is 283. The molecule has 0 saturated carbocycles. The number of halogens is 1. The molecule has 0 amide bonds. The number of ether oxygens (including phenoxy) is 1. The van der Waals surface area contributed by atoms with E-state index >= 15 is 0 Å². The van der Waals surface area contributed by atoms with Crippen LogP contribution in [0.3, 0.4) is 0 Å². The molecule has 0 spiro atoms. The maximum absolute atomic E-state index is 5.81. The van der Waals surface area contributed by atoms with Crippen LogP contribution in [0.15, 0.2) is 18.2 Å². The van der Waals surface area contributed by atoms with Gasteiger partial charge in [-0.2, -0.15) is 0 Å². The van der Waals surface area contributed by atoms with Crippen molar-refractivity contribution < 1.29 is 4.74 Å². The van der Waals surface area contributed by atoms with E-state index in [9.17, 15) is 0 Å². The fourth-order valence-corrected chi connectivity index (χ4v) is 1.49. The molecular weight excluding hydrogens is 184 g/mol. The second kappa shape index (κ2) is 4.52. The van der Waals surface area contributed by atoms with Gasteiger partial charge in [-0.3, -0.25) is 0 Å². The first-order chi connectivity index (χ1) is 6.19. The third-order valence-corrected chi connectivity index (χ3v) is 2.61. The molecule has 72 valence electrons. The largest absolute Gasteiger partial charge is 0.496 e. The summed E-state index contributed by atoms with van der Waals surface area (Å²) in [5, 5.41) is 0. The Morgan fingerprint density at radius 3 is 2.69 bits per heavy atom. The smallest absolute Gasteiger partial charge is 0.122 e. The van der Waals surface area contributed by atoms with E-state index in [1.807, 2.05) is 12.1 Å². The molecule has 1 aromatic carbocycles. The normalized spacial score (nSPS) is 12.6. The van der Waals surface area contributed by atoms with Crippen LogP contribution in [-0.2, 0) is 0 Å². The molecule has 13 heavy (non-hydrogen) atoms. The Kier molecular flexibility index (Phi) is 3.61. The fourth-order valence-electron chi connectivity index (χ4n) is 1.32. The molecule has 0 bridgehead atoms. The Balaban J connectivity index is 3.07. The number of methoxy groups -OCH3 is 1. The molecule has 0 aliphatic heterocycles. The predicted molar refractivity (Wildman–Crippen MR) is 56.9 cm³/mol. The highest BCUT2D eigenvalue weighted by Crippen LogP contribution is 2.28. The maximum atomic E-state index is 5.81. The lowest BCUT2D eigenvalue weighted by molar-refractivity contribution is 0.407. The van der Waals surface area contributed by atoms with Gasteiger partial charge < -0.3 is 4.74 Å². The predicted octanol–water partition coefficient (Wildman–Crippen LogP) is 3.35. The van der Waals surface area contributed by atoms with Gasteiger partial charge in [-0.1, -0.05) is 24.6 Å². The molecule has 0 aliphatic rings. The zero-order chi connectivity index (χ0) is 9.84. The quantitative estimate of drug-likeness (QED) is 0.677. The SMILES string of the molecule is COc1ccc(C)cc1C(C)CCl. The van der Waals surface area contributed by atoms with E-state index in [0.29, 0.717) is 11.8 Å². The number of hydrogen-bond acceptors (Lipinski definition) is 1. The van der Waals surface area contributed by atoms with E-state index in [1.165, 1.54) is 11.1 Å². The van der Waals surface area contributed by atoms with Crippen molar-refractivity contribution in [2.75, 3.05) is 13.0 Å². The van der Waals surface area contributed by atoms with Crippen molar-refractivity contribution >= 4 is 11.6 Å². The van der Waals surface area contributed by atoms with Crippen LogP contribution < -0.4 is 4.74 Å². The second-order valence-corrected chi connectivity index (χ2v) is 3.61. The Morgan fingerprint density at radius 2 is 2.15 bits per heavy atom. The summed E-state index contributed by atoms with van der Waals surface area (Å²) >= 11 is 5.81. The topological polar surface area (TPSA) is 9.23 Å². The molecule has 0 heterocycles. The van der Waals surface area contributed by atoms with Crippen LogP contribution >= 0.6 is 11.6 Å². The number of hydrogen-bond donors (Lipinski definition) is 0. The standard InChI is InChI=1S/C11H15ClO/c1-8-4-5-11(13-3)10(6-8)9(2)7-12/h4-6,9H,7H2,1-3H3. The van der Waals surface area contributed by atoms with Crippen molar-refractivity contribution in [1.29, 1.82) is 0 Å². The molecule has 0 aromatic heterocycles. The molecule has 0 N–H and O–H groups in total. The van der Waals surface area contributed by atoms with Crippen molar-refractivity contribution in [3.63, 3.8) is 0 Å². The van der Waals surface area contributed by atoms with E-state index in [-0.39, 0.29) is 0 Å². The average molecular weight is 199 g/mol. The molecule has 1 atom stereocenters. The van der Waals surface area contributed by atoms with Gasteiger partial charge in [0.25, 0.3) is 0 Å². The lowest BCUT2D eigenvalue weighted by Gasteiger charge is -2.13. The van der Waals surface area contributed by atoms with Gasteiger partial charge in [-0.05, 0) is 24.5 Å². The van der Waals surface area contributed by atoms with Crippen LogP contribution in [0, 0.1) is 6.92 Å². The van der Waals surface area contributed by atoms with Gasteiger partial charge in [0.2, 0.25) is 0 Å². The summed E-state index contributed by atoms with van der Waals surface area (Å²) in [6, 6.07) is 6.17. The van der Waals surface area contributed by atoms with Gasteiger partial charge in [0.1, 0.15) is 5.75 Å². The molecular formula is C11H15ClO. The Morgan fingerprint density at radius 1 is 1.46 bits per heavy atom. The van der Waals surface area contributed by atoms with Gasteiger partial charge in [0.05, 0.1) is 7.11 Å². The van der Waals surface area contributed by atoms with Gasteiger partial charge in [-0.25, -0.2) is 0 Å². The Labute approximate surface area is 84.7 Å². The van der Waals surface area contributed by atoms with Crippen molar-refractivity contribution in [2.24, 2.45) is 0 Å². The molecule has 1 unspecified atom stereocenters. The van der Waals surface area contributed by atoms with Gasteiger partial charge in [0, 0.05) is 5.88 Å². The van der Waals surface area contributed by atoms with E-state index in [2.05, 4.69) is 19.9 Å². The minimum Gasteiger partial charge on any atom is -0.496 e. The van der Waals surface area contributed by atoms with Gasteiger partial charge >= 0.3 is 0 Å². The molecule has 1 aromatic rings. The van der Waals surface area contributed by atoms with Crippen LogP contribution in [-0.4, -0.2) is 13.0 Å². The highest BCUT2D eigenvalue weighted by molar-refractivity contribution is 6.18. The summed E-state index contributed by atoms with van der Waals surface area (Å²) in [7, 11) is 1.69. The first-order valence-corrected chi connectivity index (χ1v) is 4.93. The zero-order valence-corrected chi connectivity index (χ0v) is 9.06. The zero-order valence-electron chi connectivity index (χ0n) is 8.30. The van der Waals surface area contributed by atoms with Crippen LogP contribution in [0.1, 0.15) is 24.0 Å². The molecule has 2 heteroatoms. The maximum Gasteiger partial charge on any atom is 0.122 e. The third-order valence-electron chi connectivity index (χ3n) is 2.15. The van der Waals surface area contributed by atoms with Gasteiger partial charge in [0.15, 0.2) is 0 Å². The van der Waals surface area contributed by atoms with E-state index < -0.39 is 0 Å². The molecule has 0 aliphatic carbocycles. The fraction of sp³-hybridized carbons (Fsp3) is 0.455. The lowest BCUT2D eigenvalue weighted by atomic mass is 10.00. The van der Waals surface area contributed by atoms with Crippen molar-refractivity contribution in [2.45, 2.75) is 19.8 Å². The third kappa shape index (κ3) is 2.38. The number of aryl methyl sites for hydroxylation is 1. The highest BCUT2D eigenvalue weighted by Gasteiger charge is 2.09. The van der Waals surface area contributed by atoms with Gasteiger partial charge in [-0.15, -0.1) is 11.6 Å². The first kappa shape index (κ1) is 10.4. The lowest BCUT2D eigenvalue weighted by Crippen LogP contribution is -1.99. The summed E-state index contributed by atoms with van der Waals surface area (Å²) in [5.74, 6) is 1.90. The highest BCUT2D eigenvalue weighted by atomic mass is 35.5. The van der Waals surface area contributed by atoms with Crippen LogP contribution in [0.5, 0.6) is 5.75 Å². The summed E-state index contributed by atoms with van der Waals surface area (Å²) in [4.78, 5) is 0. The number of alkyl halides is 1. The first-order valence-electron chi connectivity index (χ1n) is 4.39. The minimum absolute atomic E-state index is 0.344. The van der Waals surface area contributed by atoms with Crippen molar-refractivity contribution in [1.82, 2.24) is 0 Å².